The molecule has 267 valence electrons. The Kier molecular flexibility index (Phi) is 11.9. The van der Waals surface area contributed by atoms with Crippen molar-refractivity contribution in [3.8, 4) is 44.8 Å². The zero-order chi connectivity index (χ0) is 36.2. The van der Waals surface area contributed by atoms with E-state index in [1.165, 1.54) is 26.6 Å². The van der Waals surface area contributed by atoms with E-state index in [2.05, 4.69) is 169 Å². The first-order valence-electron chi connectivity index (χ1n) is 18.1. The molecule has 3 heterocycles. The van der Waals surface area contributed by atoms with Crippen LogP contribution < -0.4 is 4.40 Å². The third kappa shape index (κ3) is 8.63. The van der Waals surface area contributed by atoms with Crippen LogP contribution in [0.1, 0.15) is 32.3 Å². The summed E-state index contributed by atoms with van der Waals surface area (Å²) in [6, 6.07) is 52.9. The van der Waals surface area contributed by atoms with Crippen LogP contribution in [-0.2, 0) is 20.1 Å². The first-order valence-corrected chi connectivity index (χ1v) is 25.4. The molecule has 0 spiro atoms. The van der Waals surface area contributed by atoms with Crippen molar-refractivity contribution < 1.29 is 24.5 Å². The predicted molar refractivity (Wildman–Crippen MR) is 221 cm³/mol. The molecule has 0 N–H and O–H groups in total. The van der Waals surface area contributed by atoms with Crippen LogP contribution in [0.15, 0.2) is 150 Å². The van der Waals surface area contributed by atoms with Crippen LogP contribution in [0.25, 0.3) is 66.7 Å². The molecule has 1 unspecified atom stereocenters. The van der Waals surface area contributed by atoms with Gasteiger partial charge in [0.25, 0.3) is 0 Å². The number of hydrogen-bond donors (Lipinski definition) is 0. The van der Waals surface area contributed by atoms with Gasteiger partial charge in [-0.1, -0.05) is 85.8 Å². The number of fused-ring (bicyclic) bond motifs is 3. The number of nitrogens with zero attached hydrogens (tertiary/aromatic N) is 2. The van der Waals surface area contributed by atoms with E-state index in [1.807, 2.05) is 36.7 Å². The fourth-order valence-corrected chi connectivity index (χ4v) is 8.56. The number of rotatable bonds is 7. The summed E-state index contributed by atoms with van der Waals surface area (Å²) in [5.41, 5.74) is 11.6. The average Bonchev–Trinajstić information content (AvgIpc) is 3.56. The molecule has 0 saturated carbocycles. The summed E-state index contributed by atoms with van der Waals surface area (Å²) in [6.07, 6.45) is 3.95. The third-order valence-corrected chi connectivity index (χ3v) is 14.2. The van der Waals surface area contributed by atoms with E-state index in [0.717, 1.165) is 50.0 Å². The van der Waals surface area contributed by atoms with Gasteiger partial charge in [-0.15, -0.1) is 18.2 Å². The Bertz CT molecular complexity index is 2410. The fourth-order valence-electron chi connectivity index (χ4n) is 6.38. The first kappa shape index (κ1) is 38.1. The van der Waals surface area contributed by atoms with Crippen molar-refractivity contribution in [1.29, 1.82) is 0 Å². The normalized spacial score (nSPS) is 11.9. The van der Waals surface area contributed by atoms with Crippen LogP contribution in [-0.4, -0.2) is 23.2 Å². The predicted octanol–water partition coefficient (Wildman–Crippen LogP) is 12.6. The van der Waals surface area contributed by atoms with Gasteiger partial charge in [-0.2, -0.15) is 0 Å². The van der Waals surface area contributed by atoms with E-state index < -0.39 is 13.3 Å². The van der Waals surface area contributed by atoms with Crippen LogP contribution in [0.5, 0.6) is 0 Å². The van der Waals surface area contributed by atoms with Gasteiger partial charge in [0.2, 0.25) is 0 Å². The van der Waals surface area contributed by atoms with Crippen LogP contribution in [0.2, 0.25) is 17.3 Å². The summed E-state index contributed by atoms with van der Waals surface area (Å²) in [5, 5.41) is 2.22. The van der Waals surface area contributed by atoms with Gasteiger partial charge in [-0.3, -0.25) is 0 Å². The number of pyridine rings is 2. The first-order chi connectivity index (χ1) is 25.2. The Hall–Kier alpha value is -4.61. The Morgan fingerprint density at radius 1 is 0.623 bits per heavy atom. The van der Waals surface area contributed by atoms with Crippen molar-refractivity contribution in [2.24, 2.45) is 5.92 Å². The molecule has 0 bridgehead atoms. The van der Waals surface area contributed by atoms with E-state index in [-0.39, 0.29) is 20.1 Å². The van der Waals surface area contributed by atoms with E-state index in [1.54, 1.807) is 0 Å². The molecule has 0 aliphatic heterocycles. The minimum Gasteiger partial charge on any atom is 0 e. The van der Waals surface area contributed by atoms with Crippen LogP contribution in [0.4, 0.5) is 0 Å². The van der Waals surface area contributed by atoms with E-state index in [9.17, 15) is 0 Å². The second-order valence-corrected chi connectivity index (χ2v) is 25.5. The molecule has 1 radical (unpaired) electrons. The van der Waals surface area contributed by atoms with Gasteiger partial charge < -0.3 is 9.40 Å². The third-order valence-electron chi connectivity index (χ3n) is 9.93. The molecule has 0 aliphatic carbocycles. The summed E-state index contributed by atoms with van der Waals surface area (Å²) >= 11 is -1.78. The van der Waals surface area contributed by atoms with Gasteiger partial charge in [-0.05, 0) is 40.8 Å². The van der Waals surface area contributed by atoms with Crippen molar-refractivity contribution in [2.75, 3.05) is 0 Å². The number of hydrogen-bond acceptors (Lipinski definition) is 3. The maximum Gasteiger partial charge on any atom is 0 e. The molecule has 53 heavy (non-hydrogen) atoms. The number of aromatic nitrogens is 2. The standard InChI is InChI=1S/C28H24NO.C20H20GeN.Ir/c1-18(2)19(3)21-14-15-29-26(16-21)25-11-7-10-24-23-13-12-22(17-27(23)30-28(24)25)20-8-5-4-6-9-20;1-21(2,3)19-13-14-20(22-15-19)18-11-9-17(10-12-18)16-7-5-4-6-8-16;/h4-10,12-19H,1-3H3;4-11,13-15H,1-3H3;/q2*-1;. The molecule has 0 amide bonds. The number of benzene rings is 5. The number of furan rings is 1. The summed E-state index contributed by atoms with van der Waals surface area (Å²) < 4.78 is 7.81. The molecule has 3 nitrogen and oxygen atoms in total. The Labute approximate surface area is 330 Å². The van der Waals surface area contributed by atoms with Crippen LogP contribution in [0.3, 0.4) is 0 Å². The molecular formula is C48H44GeIrN2O-2. The molecule has 0 saturated heterocycles. The molecule has 1 atom stereocenters. The second kappa shape index (κ2) is 16.6. The monoisotopic (exact) mass is 931 g/mol. The average molecular weight is 930 g/mol. The SMILES string of the molecule is CC(C)C(C)c1ccnc(-c2[c-]ccc3c2oc2cc(-c4ccccc4)ccc23)c1.[CH3][Ge]([CH3])([CH3])[c]1ccc(-c2[c-]cc(-c3ccccc3)cc2)nc1.[Ir]. The van der Waals surface area contributed by atoms with E-state index in [4.69, 9.17) is 4.42 Å². The Morgan fingerprint density at radius 2 is 1.32 bits per heavy atom. The van der Waals surface area contributed by atoms with E-state index in [0.29, 0.717) is 11.8 Å². The summed E-state index contributed by atoms with van der Waals surface area (Å²) in [7, 11) is 0. The van der Waals surface area contributed by atoms with Gasteiger partial charge in [0.1, 0.15) is 5.58 Å². The van der Waals surface area contributed by atoms with Gasteiger partial charge >= 0.3 is 135 Å². The molecule has 0 aliphatic rings. The molecule has 0 fully saturated rings. The summed E-state index contributed by atoms with van der Waals surface area (Å²) in [5.74, 6) is 8.20. The van der Waals surface area contributed by atoms with E-state index >= 15 is 0 Å². The maximum absolute atomic E-state index is 6.38. The largest absolute Gasteiger partial charge is 0 e. The Morgan fingerprint density at radius 3 is 1.94 bits per heavy atom. The minimum atomic E-state index is -1.78. The summed E-state index contributed by atoms with van der Waals surface area (Å²) in [4.78, 5) is 9.28. The van der Waals surface area contributed by atoms with Crippen LogP contribution >= 0.6 is 0 Å². The second-order valence-electron chi connectivity index (χ2n) is 14.8. The smallest absolute Gasteiger partial charge is 0 e. The molecule has 3 aromatic heterocycles. The van der Waals surface area contributed by atoms with Gasteiger partial charge in [-0.25, -0.2) is 0 Å². The zero-order valence-electron chi connectivity index (χ0n) is 31.1. The van der Waals surface area contributed by atoms with Crippen molar-refractivity contribution in [2.45, 2.75) is 44.0 Å². The van der Waals surface area contributed by atoms with Gasteiger partial charge in [0, 0.05) is 31.7 Å². The Balaban J connectivity index is 0.000000187. The molecule has 8 aromatic rings. The van der Waals surface area contributed by atoms with Crippen molar-refractivity contribution in [3.63, 3.8) is 0 Å². The fraction of sp³-hybridized carbons (Fsp3) is 0.167. The molecular weight excluding hydrogens is 885 g/mol. The molecule has 5 heteroatoms. The topological polar surface area (TPSA) is 38.9 Å². The molecule has 8 rings (SSSR count). The minimum absolute atomic E-state index is 0. The maximum atomic E-state index is 6.38. The van der Waals surface area contributed by atoms with Crippen molar-refractivity contribution >= 4 is 39.6 Å². The van der Waals surface area contributed by atoms with Gasteiger partial charge in [0.15, 0.2) is 0 Å². The van der Waals surface area contributed by atoms with Crippen molar-refractivity contribution in [3.05, 3.63) is 164 Å². The van der Waals surface area contributed by atoms with Gasteiger partial charge in [0.05, 0.1) is 5.58 Å². The quantitative estimate of drug-likeness (QED) is 0.118. The van der Waals surface area contributed by atoms with Crippen molar-refractivity contribution in [1.82, 2.24) is 9.97 Å². The van der Waals surface area contributed by atoms with Crippen LogP contribution in [0, 0.1) is 18.1 Å². The molecule has 5 aromatic carbocycles. The summed E-state index contributed by atoms with van der Waals surface area (Å²) in [6.45, 7) is 6.77. The zero-order valence-corrected chi connectivity index (χ0v) is 35.6.